The second-order valence-corrected chi connectivity index (χ2v) is 4.12. The molecule has 70 valence electrons. The molecule has 0 saturated heterocycles. The Bertz CT molecular complexity index is 309. The fraction of sp³-hybridized carbons (Fsp3) is 0.600. The van der Waals surface area contributed by atoms with Crippen LogP contribution in [0.1, 0.15) is 20.8 Å². The van der Waals surface area contributed by atoms with Crippen LogP contribution in [-0.2, 0) is 4.79 Å². The lowest BCUT2D eigenvalue weighted by molar-refractivity contribution is -0.139. The second-order valence-electron chi connectivity index (χ2n) is 4.12. The maximum absolute atomic E-state index is 10.7. The number of aliphatic carboxylic acids is 1. The van der Waals surface area contributed by atoms with E-state index in [1.165, 1.54) is 0 Å². The van der Waals surface area contributed by atoms with Gasteiger partial charge in [-0.3, -0.25) is 4.79 Å². The summed E-state index contributed by atoms with van der Waals surface area (Å²) in [6, 6.07) is 2.00. The van der Waals surface area contributed by atoms with Crippen molar-refractivity contribution in [2.75, 3.05) is 0 Å². The molecule has 1 saturated carbocycles. The number of hydrogen-bond acceptors (Lipinski definition) is 2. The Kier molecular flexibility index (Phi) is 2.17. The smallest absolute Gasteiger partial charge is 0.307 e. The molecular formula is C10H13NO2. The summed E-state index contributed by atoms with van der Waals surface area (Å²) in [5.74, 6) is -1.07. The first kappa shape index (κ1) is 9.79. The van der Waals surface area contributed by atoms with Crippen molar-refractivity contribution in [3.05, 3.63) is 11.6 Å². The fourth-order valence-electron chi connectivity index (χ4n) is 1.77. The van der Waals surface area contributed by atoms with Crippen molar-refractivity contribution < 1.29 is 9.90 Å². The van der Waals surface area contributed by atoms with E-state index in [4.69, 9.17) is 10.4 Å². The molecule has 13 heavy (non-hydrogen) atoms. The summed E-state index contributed by atoms with van der Waals surface area (Å²) in [6.45, 7) is 5.53. The van der Waals surface area contributed by atoms with Crippen molar-refractivity contribution in [2.45, 2.75) is 20.8 Å². The van der Waals surface area contributed by atoms with Crippen LogP contribution in [0.25, 0.3) is 0 Å². The maximum atomic E-state index is 10.7. The van der Waals surface area contributed by atoms with E-state index in [1.54, 1.807) is 13.0 Å². The molecule has 3 nitrogen and oxygen atoms in total. The van der Waals surface area contributed by atoms with E-state index < -0.39 is 5.97 Å². The summed E-state index contributed by atoms with van der Waals surface area (Å²) in [6.07, 6.45) is 1.76. The molecule has 0 aromatic heterocycles. The van der Waals surface area contributed by atoms with Crippen molar-refractivity contribution in [1.29, 1.82) is 5.26 Å². The molecule has 3 heteroatoms. The molecule has 0 spiro atoms. The standard InChI is InChI=1S/C10H13NO2/c1-6(5-11)4-7-8(9(12)13)10(7,2)3/h4,7-8H,1-3H3,(H,12,13)/b6-4-/t7-,8+/m0/s1. The van der Waals surface area contributed by atoms with Gasteiger partial charge in [-0.1, -0.05) is 19.9 Å². The number of hydrogen-bond donors (Lipinski definition) is 1. The van der Waals surface area contributed by atoms with Crippen molar-refractivity contribution in [2.24, 2.45) is 17.3 Å². The van der Waals surface area contributed by atoms with Crippen LogP contribution in [0.3, 0.4) is 0 Å². The average Bonchev–Trinajstić information content (AvgIpc) is 2.53. The normalized spacial score (nSPS) is 30.8. The Hall–Kier alpha value is -1.30. The van der Waals surface area contributed by atoms with E-state index >= 15 is 0 Å². The van der Waals surface area contributed by atoms with E-state index in [2.05, 4.69) is 0 Å². The molecule has 0 aromatic rings. The molecular weight excluding hydrogens is 166 g/mol. The third-order valence-corrected chi connectivity index (χ3v) is 2.78. The predicted octanol–water partition coefficient (Wildman–Crippen LogP) is 1.81. The highest BCUT2D eigenvalue weighted by Crippen LogP contribution is 2.59. The second kappa shape index (κ2) is 2.88. The molecule has 1 N–H and O–H groups in total. The quantitative estimate of drug-likeness (QED) is 0.657. The first-order chi connectivity index (χ1) is 5.91. The molecule has 0 aromatic carbocycles. The van der Waals surface area contributed by atoms with Gasteiger partial charge in [0, 0.05) is 5.57 Å². The third kappa shape index (κ3) is 1.57. The maximum Gasteiger partial charge on any atom is 0.307 e. The number of nitriles is 1. The van der Waals surface area contributed by atoms with E-state index in [1.807, 2.05) is 19.9 Å². The first-order valence-corrected chi connectivity index (χ1v) is 4.22. The third-order valence-electron chi connectivity index (χ3n) is 2.78. The molecule has 0 aliphatic heterocycles. The lowest BCUT2D eigenvalue weighted by atomic mass is 10.1. The van der Waals surface area contributed by atoms with E-state index in [9.17, 15) is 4.79 Å². The largest absolute Gasteiger partial charge is 0.481 e. The molecule has 0 amide bonds. The lowest BCUT2D eigenvalue weighted by Crippen LogP contribution is -2.03. The van der Waals surface area contributed by atoms with Crippen LogP contribution < -0.4 is 0 Å². The van der Waals surface area contributed by atoms with Gasteiger partial charge < -0.3 is 5.11 Å². The minimum atomic E-state index is -0.767. The van der Waals surface area contributed by atoms with Crippen LogP contribution >= 0.6 is 0 Å². The molecule has 1 aliphatic rings. The zero-order chi connectivity index (χ0) is 10.2. The van der Waals surface area contributed by atoms with Crippen molar-refractivity contribution in [3.8, 4) is 6.07 Å². The number of carboxylic acids is 1. The minimum absolute atomic E-state index is 0.0182. The van der Waals surface area contributed by atoms with Crippen LogP contribution in [0.4, 0.5) is 0 Å². The SMILES string of the molecule is C/C(C#N)=C/[C@H]1[C@H](C(=O)O)C1(C)C. The highest BCUT2D eigenvalue weighted by molar-refractivity contribution is 5.76. The molecule has 1 fully saturated rings. The number of nitrogens with zero attached hydrogens (tertiary/aromatic N) is 1. The topological polar surface area (TPSA) is 61.1 Å². The Morgan fingerprint density at radius 1 is 1.62 bits per heavy atom. The Labute approximate surface area is 77.7 Å². The van der Waals surface area contributed by atoms with Crippen LogP contribution in [0.2, 0.25) is 0 Å². The van der Waals surface area contributed by atoms with Crippen LogP contribution in [-0.4, -0.2) is 11.1 Å². The molecule has 2 atom stereocenters. The summed E-state index contributed by atoms with van der Waals surface area (Å²) >= 11 is 0. The number of allylic oxidation sites excluding steroid dienone is 2. The van der Waals surface area contributed by atoms with E-state index in [0.717, 1.165) is 0 Å². The summed E-state index contributed by atoms with van der Waals surface area (Å²) < 4.78 is 0. The highest BCUT2D eigenvalue weighted by Gasteiger charge is 2.60. The van der Waals surface area contributed by atoms with Crippen molar-refractivity contribution >= 4 is 5.97 Å². The highest BCUT2D eigenvalue weighted by atomic mass is 16.4. The zero-order valence-electron chi connectivity index (χ0n) is 8.03. The van der Waals surface area contributed by atoms with Crippen LogP contribution in [0.5, 0.6) is 0 Å². The first-order valence-electron chi connectivity index (χ1n) is 4.22. The summed E-state index contributed by atoms with van der Waals surface area (Å²) in [4.78, 5) is 10.7. The fourth-order valence-corrected chi connectivity index (χ4v) is 1.77. The minimum Gasteiger partial charge on any atom is -0.481 e. The van der Waals surface area contributed by atoms with Gasteiger partial charge in [-0.2, -0.15) is 5.26 Å². The molecule has 1 rings (SSSR count). The van der Waals surface area contributed by atoms with E-state index in [0.29, 0.717) is 5.57 Å². The summed E-state index contributed by atoms with van der Waals surface area (Å²) in [5.41, 5.74) is 0.408. The lowest BCUT2D eigenvalue weighted by Gasteiger charge is -1.96. The van der Waals surface area contributed by atoms with Gasteiger partial charge in [0.1, 0.15) is 0 Å². The molecule has 1 aliphatic carbocycles. The number of rotatable bonds is 2. The molecule has 0 bridgehead atoms. The van der Waals surface area contributed by atoms with Gasteiger partial charge in [-0.15, -0.1) is 0 Å². The number of carbonyl (C=O) groups is 1. The van der Waals surface area contributed by atoms with Crippen molar-refractivity contribution in [3.63, 3.8) is 0 Å². The van der Waals surface area contributed by atoms with Gasteiger partial charge in [-0.25, -0.2) is 0 Å². The zero-order valence-corrected chi connectivity index (χ0v) is 8.03. The van der Waals surface area contributed by atoms with Crippen LogP contribution in [0, 0.1) is 28.6 Å². The Balaban J connectivity index is 2.79. The monoisotopic (exact) mass is 179 g/mol. The van der Waals surface area contributed by atoms with Crippen molar-refractivity contribution in [1.82, 2.24) is 0 Å². The summed E-state index contributed by atoms with van der Waals surface area (Å²) in [7, 11) is 0. The average molecular weight is 179 g/mol. The van der Waals surface area contributed by atoms with Gasteiger partial charge >= 0.3 is 5.97 Å². The van der Waals surface area contributed by atoms with Gasteiger partial charge in [0.25, 0.3) is 0 Å². The Morgan fingerprint density at radius 3 is 2.46 bits per heavy atom. The number of carboxylic acid groups (broad SMARTS) is 1. The molecule has 0 heterocycles. The molecule has 0 unspecified atom stereocenters. The van der Waals surface area contributed by atoms with Gasteiger partial charge in [-0.05, 0) is 18.3 Å². The molecule has 0 radical (unpaired) electrons. The van der Waals surface area contributed by atoms with Gasteiger partial charge in [0.05, 0.1) is 12.0 Å². The Morgan fingerprint density at radius 2 is 2.15 bits per heavy atom. The van der Waals surface area contributed by atoms with E-state index in [-0.39, 0.29) is 17.3 Å². The van der Waals surface area contributed by atoms with Gasteiger partial charge in [0.2, 0.25) is 0 Å². The summed E-state index contributed by atoms with van der Waals surface area (Å²) in [5, 5.41) is 17.4. The van der Waals surface area contributed by atoms with Gasteiger partial charge in [0.15, 0.2) is 0 Å². The predicted molar refractivity (Wildman–Crippen MR) is 47.8 cm³/mol. The van der Waals surface area contributed by atoms with Crippen LogP contribution in [0.15, 0.2) is 11.6 Å².